The minimum absolute atomic E-state index is 0.0369. The lowest BCUT2D eigenvalue weighted by molar-refractivity contribution is -0.121. The second kappa shape index (κ2) is 10.0. The van der Waals surface area contributed by atoms with Crippen LogP contribution in [0, 0.1) is 12.7 Å². The molecule has 0 atom stereocenters. The molecular weight excluding hydrogens is 439 g/mol. The zero-order valence-electron chi connectivity index (χ0n) is 16.9. The maximum Gasteiger partial charge on any atom is 0.243 e. The van der Waals surface area contributed by atoms with Gasteiger partial charge in [-0.25, -0.2) is 12.8 Å². The van der Waals surface area contributed by atoms with Gasteiger partial charge in [0.15, 0.2) is 0 Å². The van der Waals surface area contributed by atoms with Crippen LogP contribution >= 0.6 is 11.6 Å². The molecule has 5 nitrogen and oxygen atoms in total. The zero-order valence-corrected chi connectivity index (χ0v) is 18.5. The quantitative estimate of drug-likeness (QED) is 0.545. The lowest BCUT2D eigenvalue weighted by Gasteiger charge is -2.22. The number of sulfonamides is 1. The highest BCUT2D eigenvalue weighted by atomic mass is 35.5. The maximum absolute atomic E-state index is 13.2. The van der Waals surface area contributed by atoms with E-state index in [0.717, 1.165) is 15.4 Å². The highest BCUT2D eigenvalue weighted by molar-refractivity contribution is 7.89. The summed E-state index contributed by atoms with van der Waals surface area (Å²) in [6.45, 7) is 1.78. The fourth-order valence-corrected chi connectivity index (χ4v) is 4.41. The zero-order chi connectivity index (χ0) is 22.4. The monoisotopic (exact) mass is 460 g/mol. The molecule has 162 valence electrons. The van der Waals surface area contributed by atoms with Crippen molar-refractivity contribution in [3.8, 4) is 0 Å². The molecule has 8 heteroatoms. The van der Waals surface area contributed by atoms with Gasteiger partial charge in [-0.05, 0) is 54.4 Å². The molecule has 0 heterocycles. The van der Waals surface area contributed by atoms with E-state index in [1.54, 1.807) is 12.1 Å². The van der Waals surface area contributed by atoms with Gasteiger partial charge in [0.25, 0.3) is 0 Å². The van der Waals surface area contributed by atoms with Crippen molar-refractivity contribution < 1.29 is 17.6 Å². The predicted molar refractivity (Wildman–Crippen MR) is 118 cm³/mol. The van der Waals surface area contributed by atoms with Crippen molar-refractivity contribution in [2.45, 2.75) is 24.9 Å². The smallest absolute Gasteiger partial charge is 0.243 e. The molecule has 0 aliphatic heterocycles. The molecule has 3 aromatic rings. The minimum atomic E-state index is -3.95. The number of benzene rings is 3. The lowest BCUT2D eigenvalue weighted by Crippen LogP contribution is -2.40. The number of rotatable bonds is 8. The van der Waals surface area contributed by atoms with E-state index in [1.165, 1.54) is 36.4 Å². The molecule has 0 saturated carbocycles. The summed E-state index contributed by atoms with van der Waals surface area (Å²) in [7, 11) is -3.95. The Hall–Kier alpha value is -2.74. The van der Waals surface area contributed by atoms with Crippen molar-refractivity contribution in [3.05, 3.63) is 100 Å². The summed E-state index contributed by atoms with van der Waals surface area (Å²) in [5, 5.41) is 3.11. The number of hydrogen-bond donors (Lipinski definition) is 1. The van der Waals surface area contributed by atoms with Crippen LogP contribution in [0.5, 0.6) is 0 Å². The second-order valence-corrected chi connectivity index (χ2v) is 9.49. The average molecular weight is 461 g/mol. The molecule has 0 spiro atoms. The Morgan fingerprint density at radius 3 is 2.13 bits per heavy atom. The maximum atomic E-state index is 13.2. The van der Waals surface area contributed by atoms with E-state index in [2.05, 4.69) is 5.32 Å². The topological polar surface area (TPSA) is 66.5 Å². The molecule has 0 saturated heterocycles. The Bertz CT molecular complexity index is 1130. The van der Waals surface area contributed by atoms with Crippen molar-refractivity contribution in [1.82, 2.24) is 9.62 Å². The van der Waals surface area contributed by atoms with E-state index >= 15 is 0 Å². The predicted octanol–water partition coefficient (Wildman–Crippen LogP) is 4.29. The molecule has 0 aliphatic rings. The standard InChI is InChI=1S/C23H22ClFN2O3S/c1-17-2-4-19(5-3-17)15-27(31(29,30)22-12-8-20(24)9-13-22)16-23(28)26-14-18-6-10-21(25)11-7-18/h2-13H,14-16H2,1H3,(H,26,28). The van der Waals surface area contributed by atoms with Crippen molar-refractivity contribution in [3.63, 3.8) is 0 Å². The van der Waals surface area contributed by atoms with Crippen molar-refractivity contribution in [2.75, 3.05) is 6.54 Å². The van der Waals surface area contributed by atoms with E-state index < -0.39 is 15.9 Å². The van der Waals surface area contributed by atoms with Gasteiger partial charge < -0.3 is 5.32 Å². The first kappa shape index (κ1) is 22.9. The molecule has 0 aliphatic carbocycles. The van der Waals surface area contributed by atoms with Crippen LogP contribution in [0.25, 0.3) is 0 Å². The van der Waals surface area contributed by atoms with Gasteiger partial charge in [-0.15, -0.1) is 0 Å². The molecule has 1 N–H and O–H groups in total. The number of hydrogen-bond acceptors (Lipinski definition) is 3. The van der Waals surface area contributed by atoms with Gasteiger partial charge in [-0.3, -0.25) is 4.79 Å². The van der Waals surface area contributed by atoms with E-state index in [-0.39, 0.29) is 30.3 Å². The SMILES string of the molecule is Cc1ccc(CN(CC(=O)NCc2ccc(F)cc2)S(=O)(=O)c2ccc(Cl)cc2)cc1. The van der Waals surface area contributed by atoms with Gasteiger partial charge in [0.1, 0.15) is 5.82 Å². The molecule has 0 aromatic heterocycles. The molecule has 0 unspecified atom stereocenters. The Morgan fingerprint density at radius 2 is 1.52 bits per heavy atom. The van der Waals surface area contributed by atoms with Crippen LogP contribution < -0.4 is 5.32 Å². The number of aryl methyl sites for hydroxylation is 1. The normalized spacial score (nSPS) is 11.5. The Morgan fingerprint density at radius 1 is 0.935 bits per heavy atom. The number of nitrogens with zero attached hydrogens (tertiary/aromatic N) is 1. The minimum Gasteiger partial charge on any atom is -0.351 e. The summed E-state index contributed by atoms with van der Waals surface area (Å²) >= 11 is 5.88. The van der Waals surface area contributed by atoms with E-state index in [9.17, 15) is 17.6 Å². The first-order valence-electron chi connectivity index (χ1n) is 9.56. The highest BCUT2D eigenvalue weighted by Gasteiger charge is 2.27. The number of nitrogens with one attached hydrogen (secondary N) is 1. The van der Waals surface area contributed by atoms with Crippen molar-refractivity contribution in [1.29, 1.82) is 0 Å². The first-order chi connectivity index (χ1) is 14.7. The van der Waals surface area contributed by atoms with Crippen LogP contribution in [-0.4, -0.2) is 25.2 Å². The fourth-order valence-electron chi connectivity index (χ4n) is 2.90. The van der Waals surface area contributed by atoms with Gasteiger partial charge in [-0.2, -0.15) is 4.31 Å². The fraction of sp³-hybridized carbons (Fsp3) is 0.174. The van der Waals surface area contributed by atoms with Crippen molar-refractivity contribution >= 4 is 27.5 Å². The molecular formula is C23H22ClFN2O3S. The number of halogens is 2. The molecule has 0 radical (unpaired) electrons. The third-order valence-electron chi connectivity index (χ3n) is 4.65. The molecule has 3 rings (SSSR count). The first-order valence-corrected chi connectivity index (χ1v) is 11.4. The van der Waals surface area contributed by atoms with Gasteiger partial charge in [0.05, 0.1) is 11.4 Å². The van der Waals surface area contributed by atoms with Gasteiger partial charge in [-0.1, -0.05) is 53.6 Å². The molecule has 0 fully saturated rings. The summed E-state index contributed by atoms with van der Waals surface area (Å²) in [6.07, 6.45) is 0. The third kappa shape index (κ3) is 6.37. The summed E-state index contributed by atoms with van der Waals surface area (Å²) < 4.78 is 40.6. The van der Waals surface area contributed by atoms with Gasteiger partial charge >= 0.3 is 0 Å². The van der Waals surface area contributed by atoms with Gasteiger partial charge in [0, 0.05) is 18.1 Å². The van der Waals surface area contributed by atoms with Crippen LogP contribution in [0.1, 0.15) is 16.7 Å². The summed E-state index contributed by atoms with van der Waals surface area (Å²) in [5.41, 5.74) is 2.52. The van der Waals surface area contributed by atoms with E-state index in [0.29, 0.717) is 10.6 Å². The van der Waals surface area contributed by atoms with Crippen LogP contribution in [0.15, 0.2) is 77.7 Å². The molecule has 0 bridgehead atoms. The Kier molecular flexibility index (Phi) is 7.43. The molecule has 31 heavy (non-hydrogen) atoms. The van der Waals surface area contributed by atoms with E-state index in [1.807, 2.05) is 31.2 Å². The van der Waals surface area contributed by atoms with Crippen LogP contribution in [0.3, 0.4) is 0 Å². The number of amides is 1. The van der Waals surface area contributed by atoms with Crippen LogP contribution in [0.2, 0.25) is 5.02 Å². The summed E-state index contributed by atoms with van der Waals surface area (Å²) in [5.74, 6) is -0.831. The lowest BCUT2D eigenvalue weighted by atomic mass is 10.1. The van der Waals surface area contributed by atoms with Gasteiger partial charge in [0.2, 0.25) is 15.9 Å². The van der Waals surface area contributed by atoms with Crippen molar-refractivity contribution in [2.24, 2.45) is 0 Å². The van der Waals surface area contributed by atoms with E-state index in [4.69, 9.17) is 11.6 Å². The average Bonchev–Trinajstić information content (AvgIpc) is 2.74. The third-order valence-corrected chi connectivity index (χ3v) is 6.71. The van der Waals surface area contributed by atoms with Crippen LogP contribution in [0.4, 0.5) is 4.39 Å². The van der Waals surface area contributed by atoms with Crippen LogP contribution in [-0.2, 0) is 27.9 Å². The second-order valence-electron chi connectivity index (χ2n) is 7.12. The molecule has 1 amide bonds. The summed E-state index contributed by atoms with van der Waals surface area (Å²) in [6, 6.07) is 19.0. The number of carbonyl (C=O) groups is 1. The Balaban J connectivity index is 1.79. The summed E-state index contributed by atoms with van der Waals surface area (Å²) in [4.78, 5) is 12.6. The Labute approximate surface area is 186 Å². The largest absolute Gasteiger partial charge is 0.351 e. The number of carbonyl (C=O) groups excluding carboxylic acids is 1. The molecule has 3 aromatic carbocycles. The highest BCUT2D eigenvalue weighted by Crippen LogP contribution is 2.20.